The fourth-order valence-corrected chi connectivity index (χ4v) is 4.39. The normalized spacial score (nSPS) is 17.2. The first-order valence-electron chi connectivity index (χ1n) is 10.7. The molecule has 4 aromatic rings. The molecular weight excluding hydrogens is 461 g/mol. The maximum atomic E-state index is 14.3. The molecule has 9 nitrogen and oxygen atoms in total. The lowest BCUT2D eigenvalue weighted by Crippen LogP contribution is -2.33. The highest BCUT2D eigenvalue weighted by Crippen LogP contribution is 2.46. The van der Waals surface area contributed by atoms with Crippen LogP contribution in [0.4, 0.5) is 16.0 Å². The van der Waals surface area contributed by atoms with Gasteiger partial charge in [0.1, 0.15) is 39.3 Å². The van der Waals surface area contributed by atoms with E-state index in [1.165, 1.54) is 6.07 Å². The molecule has 1 atom stereocenters. The molecule has 1 unspecified atom stereocenters. The molecule has 1 aromatic carbocycles. The van der Waals surface area contributed by atoms with Gasteiger partial charge >= 0.3 is 0 Å². The average Bonchev–Trinajstić information content (AvgIpc) is 3.38. The van der Waals surface area contributed by atoms with Gasteiger partial charge in [0.2, 0.25) is 5.91 Å². The van der Waals surface area contributed by atoms with Crippen LogP contribution in [-0.4, -0.2) is 35.4 Å². The number of unbranched alkanes of at least 4 members (excludes halogenated alkanes) is 1. The molecule has 0 bridgehead atoms. The first-order valence-corrected chi connectivity index (χ1v) is 11.1. The Hall–Kier alpha value is -3.79. The smallest absolute Gasteiger partial charge is 0.240 e. The van der Waals surface area contributed by atoms with E-state index < -0.39 is 27.9 Å². The number of aromatic hydroxyl groups is 1. The molecule has 0 aliphatic carbocycles. The Morgan fingerprint density at radius 2 is 2.09 bits per heavy atom. The zero-order valence-corrected chi connectivity index (χ0v) is 19.2. The SMILES string of the molecule is CCCCc1nc(-c2nc(N)c3c(n2)NC(=O)C3(C)c2cc(O)c(Cl)c(F)c2)cn2ccnc12. The van der Waals surface area contributed by atoms with E-state index in [1.54, 1.807) is 19.3 Å². The Kier molecular flexibility index (Phi) is 5.12. The van der Waals surface area contributed by atoms with Gasteiger partial charge in [0, 0.05) is 18.6 Å². The van der Waals surface area contributed by atoms with Crippen molar-refractivity contribution in [2.45, 2.75) is 38.5 Å². The molecule has 3 aromatic heterocycles. The number of carbonyl (C=O) groups is 1. The average molecular weight is 482 g/mol. The summed E-state index contributed by atoms with van der Waals surface area (Å²) in [5.74, 6) is -1.34. The zero-order chi connectivity index (χ0) is 24.2. The Morgan fingerprint density at radius 3 is 2.82 bits per heavy atom. The highest BCUT2D eigenvalue weighted by atomic mass is 35.5. The Balaban J connectivity index is 1.65. The fourth-order valence-electron chi connectivity index (χ4n) is 4.28. The predicted molar refractivity (Wildman–Crippen MR) is 125 cm³/mol. The van der Waals surface area contributed by atoms with Crippen LogP contribution in [0.15, 0.2) is 30.7 Å². The van der Waals surface area contributed by atoms with Gasteiger partial charge in [-0.25, -0.2) is 24.3 Å². The molecule has 4 heterocycles. The molecule has 0 radical (unpaired) electrons. The number of phenolic OH excluding ortho intramolecular Hbond substituents is 1. The summed E-state index contributed by atoms with van der Waals surface area (Å²) >= 11 is 5.75. The number of aryl methyl sites for hydroxylation is 1. The minimum atomic E-state index is -1.44. The number of imidazole rings is 1. The minimum Gasteiger partial charge on any atom is -0.506 e. The molecule has 0 spiro atoms. The Labute approximate surface area is 198 Å². The van der Waals surface area contributed by atoms with Gasteiger partial charge in [0.15, 0.2) is 11.5 Å². The minimum absolute atomic E-state index is 0.0401. The number of rotatable bonds is 5. The quantitative estimate of drug-likeness (QED) is 0.394. The van der Waals surface area contributed by atoms with Crippen LogP contribution in [-0.2, 0) is 16.6 Å². The number of carbonyl (C=O) groups excluding carboxylic acids is 1. The first-order chi connectivity index (χ1) is 16.2. The van der Waals surface area contributed by atoms with Crippen molar-refractivity contribution >= 4 is 34.8 Å². The molecule has 4 N–H and O–H groups in total. The number of anilines is 2. The van der Waals surface area contributed by atoms with Gasteiger partial charge in [0.25, 0.3) is 0 Å². The number of benzene rings is 1. The van der Waals surface area contributed by atoms with Crippen molar-refractivity contribution < 1.29 is 14.3 Å². The molecule has 5 rings (SSSR count). The van der Waals surface area contributed by atoms with Crippen molar-refractivity contribution in [3.63, 3.8) is 0 Å². The second-order valence-corrected chi connectivity index (χ2v) is 8.74. The van der Waals surface area contributed by atoms with E-state index in [0.717, 1.165) is 36.7 Å². The highest BCUT2D eigenvalue weighted by molar-refractivity contribution is 6.32. The summed E-state index contributed by atoms with van der Waals surface area (Å²) in [6, 6.07) is 2.33. The Bertz CT molecular complexity index is 1450. The summed E-state index contributed by atoms with van der Waals surface area (Å²) in [5.41, 5.74) is 7.41. The number of halogens is 2. The third-order valence-electron chi connectivity index (χ3n) is 6.15. The first kappa shape index (κ1) is 22.0. The molecule has 1 amide bonds. The monoisotopic (exact) mass is 481 g/mol. The third kappa shape index (κ3) is 3.25. The van der Waals surface area contributed by atoms with Crippen molar-refractivity contribution in [1.29, 1.82) is 0 Å². The van der Waals surface area contributed by atoms with E-state index in [0.29, 0.717) is 5.69 Å². The van der Waals surface area contributed by atoms with Crippen LogP contribution >= 0.6 is 11.6 Å². The van der Waals surface area contributed by atoms with E-state index >= 15 is 0 Å². The number of hydrogen-bond donors (Lipinski definition) is 3. The lowest BCUT2D eigenvalue weighted by Gasteiger charge is -2.24. The highest BCUT2D eigenvalue weighted by Gasteiger charge is 2.48. The van der Waals surface area contributed by atoms with E-state index in [1.807, 2.05) is 10.6 Å². The summed E-state index contributed by atoms with van der Waals surface area (Å²) in [6.07, 6.45) is 7.96. The van der Waals surface area contributed by atoms with Gasteiger partial charge < -0.3 is 20.6 Å². The zero-order valence-electron chi connectivity index (χ0n) is 18.4. The van der Waals surface area contributed by atoms with Crippen LogP contribution in [0, 0.1) is 5.82 Å². The summed E-state index contributed by atoms with van der Waals surface area (Å²) in [4.78, 5) is 31.1. The number of amides is 1. The lowest BCUT2D eigenvalue weighted by molar-refractivity contribution is -0.119. The number of nitrogens with two attached hydrogens (primary N) is 1. The van der Waals surface area contributed by atoms with Crippen LogP contribution < -0.4 is 11.1 Å². The number of nitrogens with zero attached hydrogens (tertiary/aromatic N) is 5. The van der Waals surface area contributed by atoms with Crippen molar-refractivity contribution in [2.24, 2.45) is 0 Å². The maximum absolute atomic E-state index is 14.3. The molecular formula is C23H21ClFN7O2. The molecule has 0 saturated carbocycles. The molecule has 34 heavy (non-hydrogen) atoms. The number of fused-ring (bicyclic) bond motifs is 2. The van der Waals surface area contributed by atoms with Crippen LogP contribution in [0.1, 0.15) is 43.5 Å². The summed E-state index contributed by atoms with van der Waals surface area (Å²) in [6.45, 7) is 3.66. The van der Waals surface area contributed by atoms with E-state index in [4.69, 9.17) is 22.3 Å². The predicted octanol–water partition coefficient (Wildman–Crippen LogP) is 3.87. The van der Waals surface area contributed by atoms with Gasteiger partial charge in [-0.05, 0) is 37.5 Å². The largest absolute Gasteiger partial charge is 0.506 e. The topological polar surface area (TPSA) is 131 Å². The second-order valence-electron chi connectivity index (χ2n) is 8.36. The number of nitrogens with one attached hydrogen (secondary N) is 1. The lowest BCUT2D eigenvalue weighted by atomic mass is 9.77. The Morgan fingerprint density at radius 1 is 1.29 bits per heavy atom. The second kappa shape index (κ2) is 7.91. The molecule has 11 heteroatoms. The molecule has 0 fully saturated rings. The number of nitrogen functional groups attached to an aromatic ring is 1. The van der Waals surface area contributed by atoms with Gasteiger partial charge in [-0.3, -0.25) is 4.79 Å². The van der Waals surface area contributed by atoms with Crippen LogP contribution in [0.5, 0.6) is 5.75 Å². The number of phenols is 1. The standard InChI is InChI=1S/C23H21ClFN7O2/c1-3-4-5-13-21-27-6-7-32(21)10-14(28-13)19-29-18(26)16-20(30-19)31-22(34)23(16,2)11-8-12(25)17(24)15(33)9-11/h6-10,33H,3-5H2,1-2H3,(H3,26,29,30,31,34). The molecule has 0 saturated heterocycles. The summed E-state index contributed by atoms with van der Waals surface area (Å²) in [7, 11) is 0. The van der Waals surface area contributed by atoms with Crippen molar-refractivity contribution in [3.8, 4) is 17.3 Å². The van der Waals surface area contributed by atoms with E-state index in [9.17, 15) is 14.3 Å². The summed E-state index contributed by atoms with van der Waals surface area (Å²) < 4.78 is 16.1. The van der Waals surface area contributed by atoms with Gasteiger partial charge in [-0.2, -0.15) is 0 Å². The third-order valence-corrected chi connectivity index (χ3v) is 6.52. The van der Waals surface area contributed by atoms with Gasteiger partial charge in [-0.15, -0.1) is 0 Å². The molecule has 174 valence electrons. The van der Waals surface area contributed by atoms with E-state index in [2.05, 4.69) is 27.2 Å². The molecule has 1 aliphatic rings. The fraction of sp³-hybridized carbons (Fsp3) is 0.261. The van der Waals surface area contributed by atoms with Crippen molar-refractivity contribution in [1.82, 2.24) is 24.3 Å². The van der Waals surface area contributed by atoms with Crippen LogP contribution in [0.3, 0.4) is 0 Å². The van der Waals surface area contributed by atoms with Gasteiger partial charge in [0.05, 0.1) is 11.3 Å². The van der Waals surface area contributed by atoms with E-state index in [-0.39, 0.29) is 28.6 Å². The number of aromatic nitrogens is 5. The maximum Gasteiger partial charge on any atom is 0.240 e. The van der Waals surface area contributed by atoms with Crippen LogP contribution in [0.25, 0.3) is 17.2 Å². The number of hydrogen-bond acceptors (Lipinski definition) is 7. The van der Waals surface area contributed by atoms with Crippen LogP contribution in [0.2, 0.25) is 5.02 Å². The summed E-state index contributed by atoms with van der Waals surface area (Å²) in [5, 5.41) is 12.3. The van der Waals surface area contributed by atoms with Crippen molar-refractivity contribution in [3.05, 3.63) is 58.4 Å². The van der Waals surface area contributed by atoms with Crippen molar-refractivity contribution in [2.75, 3.05) is 11.1 Å². The van der Waals surface area contributed by atoms with Gasteiger partial charge in [-0.1, -0.05) is 24.9 Å². The molecule has 1 aliphatic heterocycles.